The third-order valence-electron chi connectivity index (χ3n) is 3.66. The molecule has 27 heavy (non-hydrogen) atoms. The second-order valence-electron chi connectivity index (χ2n) is 5.73. The van der Waals surface area contributed by atoms with Gasteiger partial charge in [-0.3, -0.25) is 9.59 Å². The lowest BCUT2D eigenvalue weighted by Gasteiger charge is -2.09. The number of amides is 2. The molecule has 7 heteroatoms. The highest BCUT2D eigenvalue weighted by Crippen LogP contribution is 2.17. The Balaban J connectivity index is 1.76. The number of ether oxygens (including phenoxy) is 3. The Morgan fingerprint density at radius 3 is 2.19 bits per heavy atom. The lowest BCUT2D eigenvalue weighted by Crippen LogP contribution is -2.28. The summed E-state index contributed by atoms with van der Waals surface area (Å²) in [6, 6.07) is 14.1. The summed E-state index contributed by atoms with van der Waals surface area (Å²) < 4.78 is 15.4. The quantitative estimate of drug-likeness (QED) is 0.623. The highest BCUT2D eigenvalue weighted by Gasteiger charge is 2.06. The summed E-state index contributed by atoms with van der Waals surface area (Å²) in [4.78, 5) is 23.7. The van der Waals surface area contributed by atoms with Gasteiger partial charge in [0.1, 0.15) is 11.5 Å². The molecule has 2 amide bonds. The Morgan fingerprint density at radius 1 is 0.889 bits per heavy atom. The predicted octanol–water partition coefficient (Wildman–Crippen LogP) is 2.02. The Labute approximate surface area is 158 Å². The molecule has 0 bridgehead atoms. The number of hydrogen-bond acceptors (Lipinski definition) is 5. The van der Waals surface area contributed by atoms with Crippen LogP contribution in [0.1, 0.15) is 5.56 Å². The van der Waals surface area contributed by atoms with E-state index in [1.54, 1.807) is 62.8 Å². The molecule has 0 saturated heterocycles. The number of rotatable bonds is 10. The van der Waals surface area contributed by atoms with E-state index in [-0.39, 0.29) is 24.8 Å². The van der Waals surface area contributed by atoms with E-state index in [4.69, 9.17) is 14.2 Å². The van der Waals surface area contributed by atoms with E-state index < -0.39 is 0 Å². The molecule has 0 radical (unpaired) electrons. The Kier molecular flexibility index (Phi) is 8.12. The van der Waals surface area contributed by atoms with Crippen molar-refractivity contribution < 1.29 is 23.8 Å². The van der Waals surface area contributed by atoms with Crippen LogP contribution in [0.2, 0.25) is 0 Å². The summed E-state index contributed by atoms with van der Waals surface area (Å²) >= 11 is 0. The summed E-state index contributed by atoms with van der Waals surface area (Å²) in [6.07, 6.45) is 0.276. The number of carbonyl (C=O) groups is 2. The van der Waals surface area contributed by atoms with Gasteiger partial charge in [0, 0.05) is 19.3 Å². The van der Waals surface area contributed by atoms with Crippen molar-refractivity contribution in [3.63, 3.8) is 0 Å². The van der Waals surface area contributed by atoms with Crippen LogP contribution in [-0.4, -0.2) is 45.8 Å². The zero-order chi connectivity index (χ0) is 19.5. The van der Waals surface area contributed by atoms with Gasteiger partial charge in [-0.2, -0.15) is 0 Å². The zero-order valence-electron chi connectivity index (χ0n) is 15.5. The van der Waals surface area contributed by atoms with Crippen LogP contribution in [0.4, 0.5) is 5.69 Å². The first kappa shape index (κ1) is 20.3. The normalized spacial score (nSPS) is 10.1. The third kappa shape index (κ3) is 7.37. The van der Waals surface area contributed by atoms with E-state index in [1.807, 2.05) is 0 Å². The molecule has 0 unspecified atom stereocenters. The van der Waals surface area contributed by atoms with Crippen LogP contribution in [-0.2, 0) is 20.7 Å². The van der Waals surface area contributed by atoms with Crippen LogP contribution in [0.25, 0.3) is 0 Å². The average molecular weight is 372 g/mol. The van der Waals surface area contributed by atoms with Gasteiger partial charge in [-0.05, 0) is 42.0 Å². The number of hydrogen-bond donors (Lipinski definition) is 2. The van der Waals surface area contributed by atoms with Gasteiger partial charge in [0.05, 0.1) is 20.1 Å². The fraction of sp³-hybridized carbons (Fsp3) is 0.300. The first-order valence-electron chi connectivity index (χ1n) is 8.52. The van der Waals surface area contributed by atoms with Crippen molar-refractivity contribution in [2.75, 3.05) is 39.3 Å². The van der Waals surface area contributed by atoms with E-state index in [1.165, 1.54) is 0 Å². The Bertz CT molecular complexity index is 729. The molecular weight excluding hydrogens is 348 g/mol. The molecule has 0 spiro atoms. The Hall–Kier alpha value is -3.06. The summed E-state index contributed by atoms with van der Waals surface area (Å²) in [5.74, 6) is 0.965. The summed E-state index contributed by atoms with van der Waals surface area (Å²) in [7, 11) is 3.17. The topological polar surface area (TPSA) is 85.9 Å². The van der Waals surface area contributed by atoms with Crippen molar-refractivity contribution in [3.8, 4) is 11.5 Å². The zero-order valence-corrected chi connectivity index (χ0v) is 15.5. The smallest absolute Gasteiger partial charge is 0.262 e. The highest BCUT2D eigenvalue weighted by molar-refractivity contribution is 5.92. The maximum atomic E-state index is 12.0. The summed E-state index contributed by atoms with van der Waals surface area (Å²) in [5.41, 5.74) is 1.50. The minimum atomic E-state index is -0.268. The number of carbonyl (C=O) groups excluding carboxylic acids is 2. The van der Waals surface area contributed by atoms with E-state index in [9.17, 15) is 9.59 Å². The fourth-order valence-electron chi connectivity index (χ4n) is 2.26. The van der Waals surface area contributed by atoms with Crippen LogP contribution in [0.3, 0.4) is 0 Å². The van der Waals surface area contributed by atoms with Crippen LogP contribution >= 0.6 is 0 Å². The SMILES string of the molecule is COCCNC(=O)Cc1ccc(NC(=O)COc2ccc(OC)cc2)cc1. The minimum absolute atomic E-state index is 0.0725. The van der Waals surface area contributed by atoms with Gasteiger partial charge in [0.15, 0.2) is 6.61 Å². The molecule has 0 saturated carbocycles. The lowest BCUT2D eigenvalue weighted by molar-refractivity contribution is -0.120. The molecule has 0 aromatic heterocycles. The second kappa shape index (κ2) is 10.8. The molecule has 0 aliphatic rings. The van der Waals surface area contributed by atoms with Crippen LogP contribution in [0.5, 0.6) is 11.5 Å². The monoisotopic (exact) mass is 372 g/mol. The van der Waals surface area contributed by atoms with Gasteiger partial charge < -0.3 is 24.8 Å². The van der Waals surface area contributed by atoms with Crippen molar-refractivity contribution >= 4 is 17.5 Å². The highest BCUT2D eigenvalue weighted by atomic mass is 16.5. The minimum Gasteiger partial charge on any atom is -0.497 e. The van der Waals surface area contributed by atoms with Crippen LogP contribution in [0.15, 0.2) is 48.5 Å². The number of methoxy groups -OCH3 is 2. The van der Waals surface area contributed by atoms with Crippen LogP contribution in [0, 0.1) is 0 Å². The lowest BCUT2D eigenvalue weighted by atomic mass is 10.1. The third-order valence-corrected chi connectivity index (χ3v) is 3.66. The average Bonchev–Trinajstić information content (AvgIpc) is 2.68. The van der Waals surface area contributed by atoms with Gasteiger partial charge in [0.2, 0.25) is 5.91 Å². The Morgan fingerprint density at radius 2 is 1.56 bits per heavy atom. The van der Waals surface area contributed by atoms with E-state index in [2.05, 4.69) is 10.6 Å². The van der Waals surface area contributed by atoms with Crippen molar-refractivity contribution in [2.24, 2.45) is 0 Å². The van der Waals surface area contributed by atoms with Gasteiger partial charge in [0.25, 0.3) is 5.91 Å². The number of anilines is 1. The molecular formula is C20H24N2O5. The van der Waals surface area contributed by atoms with Crippen LogP contribution < -0.4 is 20.1 Å². The van der Waals surface area contributed by atoms with E-state index in [0.717, 1.165) is 11.3 Å². The molecule has 2 rings (SSSR count). The largest absolute Gasteiger partial charge is 0.497 e. The summed E-state index contributed by atoms with van der Waals surface area (Å²) in [6.45, 7) is 0.864. The van der Waals surface area contributed by atoms with Crippen molar-refractivity contribution in [1.82, 2.24) is 5.32 Å². The summed E-state index contributed by atoms with van der Waals surface area (Å²) in [5, 5.41) is 5.51. The van der Waals surface area contributed by atoms with Gasteiger partial charge in [-0.1, -0.05) is 12.1 Å². The first-order valence-corrected chi connectivity index (χ1v) is 8.52. The number of nitrogens with one attached hydrogen (secondary N) is 2. The van der Waals surface area contributed by atoms with E-state index >= 15 is 0 Å². The van der Waals surface area contributed by atoms with E-state index in [0.29, 0.717) is 24.6 Å². The molecule has 0 atom stereocenters. The van der Waals surface area contributed by atoms with Crippen molar-refractivity contribution in [1.29, 1.82) is 0 Å². The van der Waals surface area contributed by atoms with Gasteiger partial charge in [-0.15, -0.1) is 0 Å². The molecule has 2 aromatic rings. The molecule has 144 valence electrons. The standard InChI is InChI=1S/C20H24N2O5/c1-25-12-11-21-19(23)13-15-3-5-16(6-4-15)22-20(24)14-27-18-9-7-17(26-2)8-10-18/h3-10H,11-14H2,1-2H3,(H,21,23)(H,22,24). The van der Waals surface area contributed by atoms with Gasteiger partial charge in [-0.25, -0.2) is 0 Å². The molecule has 0 aliphatic heterocycles. The first-order chi connectivity index (χ1) is 13.1. The molecule has 2 aromatic carbocycles. The molecule has 7 nitrogen and oxygen atoms in total. The maximum absolute atomic E-state index is 12.0. The molecule has 0 fully saturated rings. The second-order valence-corrected chi connectivity index (χ2v) is 5.73. The van der Waals surface area contributed by atoms with Gasteiger partial charge >= 0.3 is 0 Å². The number of benzene rings is 2. The predicted molar refractivity (Wildman–Crippen MR) is 102 cm³/mol. The maximum Gasteiger partial charge on any atom is 0.262 e. The fourth-order valence-corrected chi connectivity index (χ4v) is 2.26. The van der Waals surface area contributed by atoms with Crippen molar-refractivity contribution in [2.45, 2.75) is 6.42 Å². The molecule has 0 heterocycles. The molecule has 0 aliphatic carbocycles. The van der Waals surface area contributed by atoms with Crippen molar-refractivity contribution in [3.05, 3.63) is 54.1 Å². The molecule has 2 N–H and O–H groups in total.